The minimum atomic E-state index is -1.05. The van der Waals surface area contributed by atoms with Gasteiger partial charge in [-0.25, -0.2) is 0 Å². The van der Waals surface area contributed by atoms with Gasteiger partial charge in [0.15, 0.2) is 0 Å². The lowest BCUT2D eigenvalue weighted by molar-refractivity contribution is 0.682. The summed E-state index contributed by atoms with van der Waals surface area (Å²) in [6.07, 6.45) is 3.54. The standard InChI is InChI=1S/C13H14N2OS/c1-10-6-11(8-15-7-10)9-17(16)13-4-2-12(14)3-5-13/h2-8H,9,14H2,1H3. The van der Waals surface area contributed by atoms with Crippen molar-refractivity contribution in [3.05, 3.63) is 53.9 Å². The molecule has 0 radical (unpaired) electrons. The van der Waals surface area contributed by atoms with Crippen molar-refractivity contribution in [2.75, 3.05) is 5.73 Å². The Kier molecular flexibility index (Phi) is 3.54. The van der Waals surface area contributed by atoms with E-state index < -0.39 is 10.8 Å². The highest BCUT2D eigenvalue weighted by molar-refractivity contribution is 7.84. The predicted molar refractivity (Wildman–Crippen MR) is 69.9 cm³/mol. The summed E-state index contributed by atoms with van der Waals surface area (Å²) in [5.74, 6) is 0.485. The summed E-state index contributed by atoms with van der Waals surface area (Å²) < 4.78 is 12.1. The van der Waals surface area contributed by atoms with E-state index in [4.69, 9.17) is 5.73 Å². The molecule has 88 valence electrons. The Morgan fingerprint density at radius 3 is 2.59 bits per heavy atom. The van der Waals surface area contributed by atoms with Gasteiger partial charge in [-0.05, 0) is 42.3 Å². The molecule has 0 saturated carbocycles. The largest absolute Gasteiger partial charge is 0.399 e. The first-order chi connectivity index (χ1) is 8.15. The number of rotatable bonds is 3. The lowest BCUT2D eigenvalue weighted by Crippen LogP contribution is -1.98. The van der Waals surface area contributed by atoms with Gasteiger partial charge in [0.1, 0.15) is 0 Å². The van der Waals surface area contributed by atoms with Crippen molar-refractivity contribution in [2.45, 2.75) is 17.6 Å². The Labute approximate surface area is 103 Å². The van der Waals surface area contributed by atoms with Crippen LogP contribution in [0.15, 0.2) is 47.6 Å². The fraction of sp³-hybridized carbons (Fsp3) is 0.154. The number of aryl methyl sites for hydroxylation is 1. The SMILES string of the molecule is Cc1cncc(CS(=O)c2ccc(N)cc2)c1. The van der Waals surface area contributed by atoms with Crippen molar-refractivity contribution in [3.8, 4) is 0 Å². The zero-order valence-electron chi connectivity index (χ0n) is 9.59. The molecule has 1 aromatic carbocycles. The lowest BCUT2D eigenvalue weighted by atomic mass is 10.2. The Balaban J connectivity index is 2.14. The molecule has 2 N–H and O–H groups in total. The first-order valence-corrected chi connectivity index (χ1v) is 6.61. The van der Waals surface area contributed by atoms with E-state index in [0.29, 0.717) is 11.4 Å². The second-order valence-corrected chi connectivity index (χ2v) is 5.38. The van der Waals surface area contributed by atoms with Crippen LogP contribution in [0, 0.1) is 6.92 Å². The number of pyridine rings is 1. The molecular weight excluding hydrogens is 232 g/mol. The third kappa shape index (κ3) is 3.14. The first kappa shape index (κ1) is 11.8. The molecule has 17 heavy (non-hydrogen) atoms. The molecule has 0 aliphatic carbocycles. The molecule has 0 aliphatic rings. The predicted octanol–water partition coefficient (Wildman–Crippen LogP) is 2.28. The van der Waals surface area contributed by atoms with Crippen molar-refractivity contribution in [3.63, 3.8) is 0 Å². The molecule has 0 amide bonds. The maximum absolute atomic E-state index is 12.1. The molecule has 3 nitrogen and oxygen atoms in total. The van der Waals surface area contributed by atoms with Crippen molar-refractivity contribution >= 4 is 16.5 Å². The number of nitrogens with zero attached hydrogens (tertiary/aromatic N) is 1. The highest BCUT2D eigenvalue weighted by Gasteiger charge is 2.05. The topological polar surface area (TPSA) is 56.0 Å². The summed E-state index contributed by atoms with van der Waals surface area (Å²) in [5, 5.41) is 0. The van der Waals surface area contributed by atoms with E-state index in [-0.39, 0.29) is 0 Å². The quantitative estimate of drug-likeness (QED) is 0.845. The Hall–Kier alpha value is -1.68. The number of nitrogen functional groups attached to an aromatic ring is 1. The van der Waals surface area contributed by atoms with E-state index in [1.54, 1.807) is 36.7 Å². The minimum Gasteiger partial charge on any atom is -0.399 e. The smallest absolute Gasteiger partial charge is 0.0574 e. The van der Waals surface area contributed by atoms with Gasteiger partial charge in [-0.1, -0.05) is 6.07 Å². The van der Waals surface area contributed by atoms with E-state index >= 15 is 0 Å². The Bertz CT molecular complexity index is 537. The van der Waals surface area contributed by atoms with Crippen LogP contribution < -0.4 is 5.73 Å². The van der Waals surface area contributed by atoms with E-state index in [1.165, 1.54) is 0 Å². The van der Waals surface area contributed by atoms with Crippen LogP contribution in [0.3, 0.4) is 0 Å². The summed E-state index contributed by atoms with van der Waals surface area (Å²) >= 11 is 0. The van der Waals surface area contributed by atoms with Gasteiger partial charge < -0.3 is 5.73 Å². The second-order valence-electron chi connectivity index (χ2n) is 3.93. The van der Waals surface area contributed by atoms with Gasteiger partial charge >= 0.3 is 0 Å². The molecule has 0 bridgehead atoms. The molecule has 0 fully saturated rings. The van der Waals surface area contributed by atoms with Crippen molar-refractivity contribution in [2.24, 2.45) is 0 Å². The van der Waals surface area contributed by atoms with Crippen molar-refractivity contribution in [1.82, 2.24) is 4.98 Å². The molecule has 1 unspecified atom stereocenters. The van der Waals surface area contributed by atoms with Crippen molar-refractivity contribution in [1.29, 1.82) is 0 Å². The normalized spacial score (nSPS) is 12.3. The summed E-state index contributed by atoms with van der Waals surface area (Å²) in [6, 6.07) is 9.13. The number of benzene rings is 1. The second kappa shape index (κ2) is 5.10. The van der Waals surface area contributed by atoms with Crippen LogP contribution >= 0.6 is 0 Å². The van der Waals surface area contributed by atoms with Gasteiger partial charge in [-0.15, -0.1) is 0 Å². The van der Waals surface area contributed by atoms with E-state index in [0.717, 1.165) is 16.0 Å². The van der Waals surface area contributed by atoms with Crippen LogP contribution in [0.5, 0.6) is 0 Å². The summed E-state index contributed by atoms with van der Waals surface area (Å²) in [5.41, 5.74) is 8.34. The lowest BCUT2D eigenvalue weighted by Gasteiger charge is -2.03. The van der Waals surface area contributed by atoms with Crippen LogP contribution in [-0.4, -0.2) is 9.19 Å². The van der Waals surface area contributed by atoms with E-state index in [2.05, 4.69) is 4.98 Å². The number of anilines is 1. The molecule has 1 atom stereocenters. The third-order valence-corrected chi connectivity index (χ3v) is 3.77. The molecule has 0 aliphatic heterocycles. The minimum absolute atomic E-state index is 0.485. The monoisotopic (exact) mass is 246 g/mol. The summed E-state index contributed by atoms with van der Waals surface area (Å²) in [4.78, 5) is 4.88. The van der Waals surface area contributed by atoms with Gasteiger partial charge in [-0.3, -0.25) is 9.19 Å². The molecular formula is C13H14N2OS. The number of hydrogen-bond donors (Lipinski definition) is 1. The highest BCUT2D eigenvalue weighted by Crippen LogP contribution is 2.14. The van der Waals surface area contributed by atoms with E-state index in [9.17, 15) is 4.21 Å². The third-order valence-electron chi connectivity index (χ3n) is 2.37. The van der Waals surface area contributed by atoms with Gasteiger partial charge in [0.05, 0.1) is 16.6 Å². The fourth-order valence-electron chi connectivity index (χ4n) is 1.55. The molecule has 1 heterocycles. The van der Waals surface area contributed by atoms with Gasteiger partial charge in [-0.2, -0.15) is 0 Å². The average molecular weight is 246 g/mol. The van der Waals surface area contributed by atoms with Crippen LogP contribution in [0.1, 0.15) is 11.1 Å². The molecule has 0 saturated heterocycles. The number of nitrogens with two attached hydrogens (primary N) is 1. The van der Waals surface area contributed by atoms with E-state index in [1.807, 2.05) is 13.0 Å². The van der Waals surface area contributed by atoms with Crippen LogP contribution in [-0.2, 0) is 16.6 Å². The maximum atomic E-state index is 12.1. The van der Waals surface area contributed by atoms with Crippen LogP contribution in [0.25, 0.3) is 0 Å². The fourth-order valence-corrected chi connectivity index (χ4v) is 2.62. The zero-order chi connectivity index (χ0) is 12.3. The van der Waals surface area contributed by atoms with Gasteiger partial charge in [0.25, 0.3) is 0 Å². The Morgan fingerprint density at radius 1 is 1.24 bits per heavy atom. The molecule has 0 spiro atoms. The summed E-state index contributed by atoms with van der Waals surface area (Å²) in [6.45, 7) is 1.97. The van der Waals surface area contributed by atoms with Crippen molar-refractivity contribution < 1.29 is 4.21 Å². The molecule has 2 rings (SSSR count). The molecule has 4 heteroatoms. The van der Waals surface area contributed by atoms with Crippen LogP contribution in [0.4, 0.5) is 5.69 Å². The Morgan fingerprint density at radius 2 is 1.94 bits per heavy atom. The zero-order valence-corrected chi connectivity index (χ0v) is 10.4. The molecule has 2 aromatic rings. The number of aromatic nitrogens is 1. The van der Waals surface area contributed by atoms with Crippen LogP contribution in [0.2, 0.25) is 0 Å². The van der Waals surface area contributed by atoms with Gasteiger partial charge in [0, 0.05) is 23.0 Å². The first-order valence-electron chi connectivity index (χ1n) is 5.29. The average Bonchev–Trinajstić information content (AvgIpc) is 2.29. The highest BCUT2D eigenvalue weighted by atomic mass is 32.2. The van der Waals surface area contributed by atoms with Gasteiger partial charge in [0.2, 0.25) is 0 Å². The molecule has 1 aromatic heterocycles. The maximum Gasteiger partial charge on any atom is 0.0574 e. The number of hydrogen-bond acceptors (Lipinski definition) is 3. The summed E-state index contributed by atoms with van der Waals surface area (Å²) in [7, 11) is -1.05.